The molecule has 0 aromatic heterocycles. The van der Waals surface area contributed by atoms with Gasteiger partial charge < -0.3 is 14.2 Å². The van der Waals surface area contributed by atoms with Crippen LogP contribution in [-0.4, -0.2) is 32.6 Å². The van der Waals surface area contributed by atoms with E-state index < -0.39 is 17.8 Å². The van der Waals surface area contributed by atoms with Gasteiger partial charge in [-0.3, -0.25) is 9.59 Å². The van der Waals surface area contributed by atoms with Crippen LogP contribution in [0.15, 0.2) is 48.5 Å². The second-order valence-corrected chi connectivity index (χ2v) is 6.73. The van der Waals surface area contributed by atoms with Gasteiger partial charge in [0.05, 0.1) is 20.8 Å². The lowest BCUT2D eigenvalue weighted by Gasteiger charge is -2.30. The second-order valence-electron chi connectivity index (χ2n) is 6.73. The van der Waals surface area contributed by atoms with Crippen molar-refractivity contribution in [2.75, 3.05) is 20.8 Å². The number of hydrogen-bond donors (Lipinski definition) is 0. The Hall–Kier alpha value is -3.15. The number of benzene rings is 2. The molecule has 5 nitrogen and oxygen atoms in total. The molecule has 0 fully saturated rings. The first-order valence-corrected chi connectivity index (χ1v) is 9.37. The van der Waals surface area contributed by atoms with E-state index in [0.29, 0.717) is 17.9 Å². The molecule has 1 aliphatic rings. The molecule has 29 heavy (non-hydrogen) atoms. The summed E-state index contributed by atoms with van der Waals surface area (Å²) in [6.45, 7) is 1.90. The Kier molecular flexibility index (Phi) is 6.32. The molecule has 0 radical (unpaired) electrons. The molecule has 0 N–H and O–H groups in total. The summed E-state index contributed by atoms with van der Waals surface area (Å²) in [5.74, 6) is -1.54. The number of ether oxygens (including phenoxy) is 3. The fourth-order valence-electron chi connectivity index (χ4n) is 3.64. The van der Waals surface area contributed by atoms with E-state index in [-0.39, 0.29) is 18.2 Å². The van der Waals surface area contributed by atoms with Crippen molar-refractivity contribution < 1.29 is 28.2 Å². The molecule has 0 heterocycles. The third kappa shape index (κ3) is 4.31. The molecular formula is C23H23FO5. The Labute approximate surface area is 169 Å². The lowest BCUT2D eigenvalue weighted by molar-refractivity contribution is -0.151. The van der Waals surface area contributed by atoms with Gasteiger partial charge in [0.1, 0.15) is 11.7 Å². The fourth-order valence-corrected chi connectivity index (χ4v) is 3.64. The molecule has 0 bridgehead atoms. The monoisotopic (exact) mass is 398 g/mol. The van der Waals surface area contributed by atoms with E-state index >= 15 is 0 Å². The number of methoxy groups -OCH3 is 2. The van der Waals surface area contributed by atoms with Gasteiger partial charge in [-0.25, -0.2) is 4.39 Å². The predicted octanol–water partition coefficient (Wildman–Crippen LogP) is 4.16. The molecule has 0 aliphatic heterocycles. The van der Waals surface area contributed by atoms with Crippen molar-refractivity contribution in [3.05, 3.63) is 65.5 Å². The van der Waals surface area contributed by atoms with Gasteiger partial charge in [0.15, 0.2) is 17.3 Å². The van der Waals surface area contributed by atoms with Crippen molar-refractivity contribution in [3.63, 3.8) is 0 Å². The van der Waals surface area contributed by atoms with E-state index in [0.717, 1.165) is 16.7 Å². The Morgan fingerprint density at radius 2 is 1.76 bits per heavy atom. The van der Waals surface area contributed by atoms with Gasteiger partial charge in [-0.2, -0.15) is 0 Å². The zero-order chi connectivity index (χ0) is 21.0. The highest BCUT2D eigenvalue weighted by atomic mass is 19.1. The lowest BCUT2D eigenvalue weighted by Crippen LogP contribution is -2.34. The highest BCUT2D eigenvalue weighted by molar-refractivity contribution is 6.10. The van der Waals surface area contributed by atoms with Crippen LogP contribution in [0.1, 0.15) is 30.4 Å². The first-order chi connectivity index (χ1) is 14.0. The predicted molar refractivity (Wildman–Crippen MR) is 106 cm³/mol. The first-order valence-electron chi connectivity index (χ1n) is 9.37. The van der Waals surface area contributed by atoms with Gasteiger partial charge in [0.25, 0.3) is 0 Å². The summed E-state index contributed by atoms with van der Waals surface area (Å²) in [6, 6.07) is 11.3. The number of carbonyl (C=O) groups is 2. The zero-order valence-corrected chi connectivity index (χ0v) is 16.6. The fraction of sp³-hybridized carbons (Fsp3) is 0.304. The van der Waals surface area contributed by atoms with Gasteiger partial charge in [0, 0.05) is 5.92 Å². The largest absolute Gasteiger partial charge is 0.493 e. The van der Waals surface area contributed by atoms with Crippen LogP contribution in [0.3, 0.4) is 0 Å². The third-order valence-electron chi connectivity index (χ3n) is 5.06. The minimum atomic E-state index is -0.947. The Morgan fingerprint density at radius 3 is 2.38 bits per heavy atom. The number of ketones is 1. The quantitative estimate of drug-likeness (QED) is 0.540. The Bertz CT molecular complexity index is 933. The lowest BCUT2D eigenvalue weighted by atomic mass is 9.73. The van der Waals surface area contributed by atoms with E-state index in [2.05, 4.69) is 0 Å². The maximum absolute atomic E-state index is 13.3. The Morgan fingerprint density at radius 1 is 1.07 bits per heavy atom. The number of rotatable bonds is 6. The number of esters is 1. The van der Waals surface area contributed by atoms with Crippen molar-refractivity contribution in [1.29, 1.82) is 0 Å². The number of allylic oxidation sites excluding steroid dienone is 2. The minimum absolute atomic E-state index is 0.190. The van der Waals surface area contributed by atoms with Crippen molar-refractivity contribution in [3.8, 4) is 11.5 Å². The molecular weight excluding hydrogens is 375 g/mol. The summed E-state index contributed by atoms with van der Waals surface area (Å²) < 4.78 is 29.1. The van der Waals surface area contributed by atoms with Crippen LogP contribution in [0.5, 0.6) is 11.5 Å². The van der Waals surface area contributed by atoms with Gasteiger partial charge in [-0.1, -0.05) is 18.2 Å². The number of carbonyl (C=O) groups excluding carboxylic acids is 2. The summed E-state index contributed by atoms with van der Waals surface area (Å²) >= 11 is 0. The highest BCUT2D eigenvalue weighted by Gasteiger charge is 2.40. The first kappa shape index (κ1) is 20.6. The van der Waals surface area contributed by atoms with Crippen LogP contribution in [-0.2, 0) is 14.3 Å². The molecule has 3 rings (SSSR count). The van der Waals surface area contributed by atoms with E-state index in [1.54, 1.807) is 38.3 Å². The standard InChI is InChI=1S/C23H23FO5/c1-4-29-23(26)22-18(15-7-10-20(27-2)21(13-15)28-3)11-16(12-19(22)25)14-5-8-17(24)9-6-14/h5-10,12-13,18,22H,4,11H2,1-3H3/t18-,22+/m1/s1. The molecule has 0 spiro atoms. The average molecular weight is 398 g/mol. The van der Waals surface area contributed by atoms with E-state index in [9.17, 15) is 14.0 Å². The molecule has 0 unspecified atom stereocenters. The molecule has 1 aliphatic carbocycles. The molecule has 0 saturated heterocycles. The average Bonchev–Trinajstić information content (AvgIpc) is 2.73. The summed E-state index contributed by atoms with van der Waals surface area (Å²) in [5, 5.41) is 0. The van der Waals surface area contributed by atoms with E-state index in [1.807, 2.05) is 6.07 Å². The summed E-state index contributed by atoms with van der Waals surface area (Å²) in [5.41, 5.74) is 2.25. The van der Waals surface area contributed by atoms with Gasteiger partial charge in [0.2, 0.25) is 0 Å². The topological polar surface area (TPSA) is 61.8 Å². The second kappa shape index (κ2) is 8.90. The van der Waals surface area contributed by atoms with Gasteiger partial charge in [-0.05, 0) is 60.4 Å². The third-order valence-corrected chi connectivity index (χ3v) is 5.06. The highest BCUT2D eigenvalue weighted by Crippen LogP contribution is 2.42. The summed E-state index contributed by atoms with van der Waals surface area (Å²) in [6.07, 6.45) is 1.89. The zero-order valence-electron chi connectivity index (χ0n) is 16.6. The molecule has 2 aromatic rings. The van der Waals surface area contributed by atoms with E-state index in [1.165, 1.54) is 25.3 Å². The van der Waals surface area contributed by atoms with Crippen LogP contribution < -0.4 is 9.47 Å². The SMILES string of the molecule is CCOC(=O)[C@@H]1C(=O)C=C(c2ccc(F)cc2)C[C@@H]1c1ccc(OC)c(OC)c1. The van der Waals surface area contributed by atoms with Crippen LogP contribution in [0.2, 0.25) is 0 Å². The normalized spacial score (nSPS) is 18.8. The maximum atomic E-state index is 13.3. The molecule has 0 amide bonds. The maximum Gasteiger partial charge on any atom is 0.317 e. The van der Waals surface area contributed by atoms with Crippen LogP contribution in [0, 0.1) is 11.7 Å². The van der Waals surface area contributed by atoms with Crippen LogP contribution >= 0.6 is 0 Å². The molecule has 2 aromatic carbocycles. The summed E-state index contributed by atoms with van der Waals surface area (Å²) in [4.78, 5) is 25.5. The van der Waals surface area contributed by atoms with Gasteiger partial charge in [-0.15, -0.1) is 0 Å². The van der Waals surface area contributed by atoms with E-state index in [4.69, 9.17) is 14.2 Å². The smallest absolute Gasteiger partial charge is 0.317 e. The van der Waals surface area contributed by atoms with Crippen molar-refractivity contribution >= 4 is 17.3 Å². The van der Waals surface area contributed by atoms with Crippen LogP contribution in [0.25, 0.3) is 5.57 Å². The van der Waals surface area contributed by atoms with Crippen molar-refractivity contribution in [2.24, 2.45) is 5.92 Å². The molecule has 152 valence electrons. The minimum Gasteiger partial charge on any atom is -0.493 e. The molecule has 2 atom stereocenters. The number of halogens is 1. The van der Waals surface area contributed by atoms with Crippen LogP contribution in [0.4, 0.5) is 4.39 Å². The molecule has 0 saturated carbocycles. The Balaban J connectivity index is 2.05. The molecule has 6 heteroatoms. The summed E-state index contributed by atoms with van der Waals surface area (Å²) in [7, 11) is 3.07. The van der Waals surface area contributed by atoms with Gasteiger partial charge >= 0.3 is 5.97 Å². The number of hydrogen-bond acceptors (Lipinski definition) is 5. The van der Waals surface area contributed by atoms with Crippen molar-refractivity contribution in [1.82, 2.24) is 0 Å². The van der Waals surface area contributed by atoms with Crippen molar-refractivity contribution in [2.45, 2.75) is 19.3 Å².